The van der Waals surface area contributed by atoms with Gasteiger partial charge in [0.15, 0.2) is 9.84 Å². The summed E-state index contributed by atoms with van der Waals surface area (Å²) in [5.41, 5.74) is -1.49. The van der Waals surface area contributed by atoms with Crippen molar-refractivity contribution < 1.29 is 18.3 Å². The Hall–Kier alpha value is -1.56. The molecule has 0 unspecified atom stereocenters. The fourth-order valence-electron chi connectivity index (χ4n) is 1.65. The minimum Gasteiger partial charge on any atom is -0.481 e. The Morgan fingerprint density at radius 3 is 2.10 bits per heavy atom. The second kappa shape index (κ2) is 5.09. The predicted octanol–water partition coefficient (Wildman–Crippen LogP) is 2.39. The largest absolute Gasteiger partial charge is 0.481 e. The van der Waals surface area contributed by atoms with Gasteiger partial charge in [-0.25, -0.2) is 8.42 Å². The Morgan fingerprint density at radius 2 is 1.65 bits per heavy atom. The number of carboxylic acids is 1. The van der Waals surface area contributed by atoms with Crippen LogP contribution in [-0.4, -0.2) is 31.3 Å². The van der Waals surface area contributed by atoms with Crippen LogP contribution in [0.2, 0.25) is 0 Å². The second-order valence-electron chi connectivity index (χ2n) is 5.95. The van der Waals surface area contributed by atoms with Gasteiger partial charge < -0.3 is 10.4 Å². The number of rotatable bonds is 5. The Morgan fingerprint density at radius 1 is 1.15 bits per heavy atom. The lowest BCUT2D eigenvalue weighted by Gasteiger charge is -2.40. The normalized spacial score (nSPS) is 13.1. The number of anilines is 1. The lowest BCUT2D eigenvalue weighted by Crippen LogP contribution is -2.50. The van der Waals surface area contributed by atoms with Crippen molar-refractivity contribution in [3.63, 3.8) is 0 Å². The van der Waals surface area contributed by atoms with Crippen LogP contribution in [0.4, 0.5) is 5.69 Å². The van der Waals surface area contributed by atoms with Crippen LogP contribution in [0.1, 0.15) is 27.7 Å². The minimum absolute atomic E-state index is 0.161. The summed E-state index contributed by atoms with van der Waals surface area (Å²) in [5, 5.41) is 12.4. The fraction of sp³-hybridized carbons (Fsp3) is 0.500. The van der Waals surface area contributed by atoms with Gasteiger partial charge in [0, 0.05) is 11.8 Å². The predicted molar refractivity (Wildman–Crippen MR) is 78.7 cm³/mol. The molecule has 0 fully saturated rings. The van der Waals surface area contributed by atoms with E-state index in [2.05, 4.69) is 5.32 Å². The number of nitrogens with one attached hydrogen (secondary N) is 1. The summed E-state index contributed by atoms with van der Waals surface area (Å²) in [6, 6.07) is 6.48. The van der Waals surface area contributed by atoms with Crippen LogP contribution in [0.25, 0.3) is 0 Å². The van der Waals surface area contributed by atoms with Gasteiger partial charge in [0.2, 0.25) is 0 Å². The Labute approximate surface area is 119 Å². The summed E-state index contributed by atoms with van der Waals surface area (Å²) >= 11 is 0. The van der Waals surface area contributed by atoms with Crippen molar-refractivity contribution in [2.24, 2.45) is 5.41 Å². The molecule has 0 saturated heterocycles. The molecule has 0 radical (unpaired) electrons. The number of hydrogen-bond donors (Lipinski definition) is 2. The summed E-state index contributed by atoms with van der Waals surface area (Å²) in [5.74, 6) is -0.952. The Kier molecular flexibility index (Phi) is 4.20. The highest BCUT2D eigenvalue weighted by molar-refractivity contribution is 7.90. The van der Waals surface area contributed by atoms with Crippen LogP contribution < -0.4 is 5.32 Å². The zero-order chi connectivity index (χ0) is 15.8. The molecule has 112 valence electrons. The molecule has 0 spiro atoms. The number of hydrogen-bond acceptors (Lipinski definition) is 4. The molecule has 20 heavy (non-hydrogen) atoms. The monoisotopic (exact) mass is 299 g/mol. The summed E-state index contributed by atoms with van der Waals surface area (Å²) in [6.45, 7) is 6.68. The molecule has 1 rings (SSSR count). The number of carbonyl (C=O) groups is 1. The molecule has 0 aromatic heterocycles. The van der Waals surface area contributed by atoms with E-state index in [0.717, 1.165) is 6.26 Å². The summed E-state index contributed by atoms with van der Waals surface area (Å²) in [6.07, 6.45) is 1.13. The SMILES string of the molecule is CC(C)(Nc1ccccc1S(C)(=O)=O)C(C)(C)C(=O)O. The lowest BCUT2D eigenvalue weighted by molar-refractivity contribution is -0.149. The summed E-state index contributed by atoms with van der Waals surface area (Å²) in [7, 11) is -3.38. The van der Waals surface area contributed by atoms with Crippen LogP contribution in [0.3, 0.4) is 0 Å². The molecule has 0 aliphatic rings. The zero-order valence-corrected chi connectivity index (χ0v) is 13.2. The average Bonchev–Trinajstić information content (AvgIpc) is 2.27. The third-order valence-electron chi connectivity index (χ3n) is 3.83. The highest BCUT2D eigenvalue weighted by Crippen LogP contribution is 2.35. The van der Waals surface area contributed by atoms with Crippen molar-refractivity contribution in [1.29, 1.82) is 0 Å². The van der Waals surface area contributed by atoms with Crippen molar-refractivity contribution in [2.45, 2.75) is 38.1 Å². The van der Waals surface area contributed by atoms with E-state index in [0.29, 0.717) is 5.69 Å². The smallest absolute Gasteiger partial charge is 0.311 e. The van der Waals surface area contributed by atoms with Crippen molar-refractivity contribution in [1.82, 2.24) is 0 Å². The standard InChI is InChI=1S/C14H21NO4S/c1-13(2,12(16)17)14(3,4)15-10-8-6-7-9-11(10)20(5,18)19/h6-9,15H,1-5H3,(H,16,17). The van der Waals surface area contributed by atoms with Gasteiger partial charge in [-0.05, 0) is 39.8 Å². The molecule has 1 aromatic carbocycles. The third-order valence-corrected chi connectivity index (χ3v) is 4.99. The zero-order valence-electron chi connectivity index (χ0n) is 12.4. The molecule has 1 aromatic rings. The first-order chi connectivity index (χ1) is 8.89. The maximum atomic E-state index is 11.8. The van der Waals surface area contributed by atoms with Crippen LogP contribution in [0.15, 0.2) is 29.2 Å². The van der Waals surface area contributed by atoms with Crippen LogP contribution in [0, 0.1) is 5.41 Å². The molecule has 2 N–H and O–H groups in total. The highest BCUT2D eigenvalue weighted by Gasteiger charge is 2.43. The first-order valence-electron chi connectivity index (χ1n) is 6.20. The van der Waals surface area contributed by atoms with Crippen LogP contribution >= 0.6 is 0 Å². The van der Waals surface area contributed by atoms with Crippen molar-refractivity contribution in [3.8, 4) is 0 Å². The van der Waals surface area contributed by atoms with Crippen LogP contribution in [0.5, 0.6) is 0 Å². The maximum Gasteiger partial charge on any atom is 0.311 e. The van der Waals surface area contributed by atoms with Gasteiger partial charge in [-0.3, -0.25) is 4.79 Å². The molecular formula is C14H21NO4S. The average molecular weight is 299 g/mol. The van der Waals surface area contributed by atoms with E-state index in [1.807, 2.05) is 0 Å². The molecule has 0 aliphatic heterocycles. The van der Waals surface area contributed by atoms with Gasteiger partial charge >= 0.3 is 5.97 Å². The summed E-state index contributed by atoms with van der Waals surface area (Å²) < 4.78 is 23.5. The second-order valence-corrected chi connectivity index (χ2v) is 7.93. The van der Waals surface area contributed by atoms with E-state index >= 15 is 0 Å². The molecule has 0 atom stereocenters. The van der Waals surface area contributed by atoms with Gasteiger partial charge in [0.05, 0.1) is 16.0 Å². The Balaban J connectivity index is 3.27. The maximum absolute atomic E-state index is 11.8. The van der Waals surface area contributed by atoms with Crippen LogP contribution in [-0.2, 0) is 14.6 Å². The molecule has 0 aliphatic carbocycles. The number of carboxylic acid groups (broad SMARTS) is 1. The number of para-hydroxylation sites is 1. The first kappa shape index (κ1) is 16.5. The van der Waals surface area contributed by atoms with Crippen molar-refractivity contribution in [3.05, 3.63) is 24.3 Å². The van der Waals surface area contributed by atoms with E-state index in [9.17, 15) is 18.3 Å². The lowest BCUT2D eigenvalue weighted by atomic mass is 9.74. The summed E-state index contributed by atoms with van der Waals surface area (Å²) in [4.78, 5) is 11.5. The van der Waals surface area contributed by atoms with E-state index in [-0.39, 0.29) is 4.90 Å². The number of benzene rings is 1. The number of sulfone groups is 1. The molecule has 0 heterocycles. The molecule has 5 nitrogen and oxygen atoms in total. The van der Waals surface area contributed by atoms with Crippen molar-refractivity contribution >= 4 is 21.5 Å². The minimum atomic E-state index is -3.38. The van der Waals surface area contributed by atoms with E-state index in [1.54, 1.807) is 45.9 Å². The molecule has 0 bridgehead atoms. The molecule has 0 saturated carbocycles. The first-order valence-corrected chi connectivity index (χ1v) is 8.09. The van der Waals surface area contributed by atoms with E-state index < -0.39 is 26.8 Å². The molecule has 0 amide bonds. The molecule has 6 heteroatoms. The van der Waals surface area contributed by atoms with Gasteiger partial charge in [0.25, 0.3) is 0 Å². The fourth-order valence-corrected chi connectivity index (χ4v) is 2.50. The highest BCUT2D eigenvalue weighted by atomic mass is 32.2. The topological polar surface area (TPSA) is 83.5 Å². The number of aliphatic carboxylic acids is 1. The van der Waals surface area contributed by atoms with Gasteiger partial charge in [0.1, 0.15) is 0 Å². The van der Waals surface area contributed by atoms with E-state index in [1.165, 1.54) is 6.07 Å². The van der Waals surface area contributed by atoms with Gasteiger partial charge in [-0.2, -0.15) is 0 Å². The Bertz CT molecular complexity index is 618. The third kappa shape index (κ3) is 3.12. The van der Waals surface area contributed by atoms with E-state index in [4.69, 9.17) is 0 Å². The molecular weight excluding hydrogens is 278 g/mol. The van der Waals surface area contributed by atoms with Gasteiger partial charge in [-0.1, -0.05) is 12.1 Å². The van der Waals surface area contributed by atoms with Gasteiger partial charge in [-0.15, -0.1) is 0 Å². The van der Waals surface area contributed by atoms with Crippen molar-refractivity contribution in [2.75, 3.05) is 11.6 Å². The quantitative estimate of drug-likeness (QED) is 0.872.